The Bertz CT molecular complexity index is 1500. The van der Waals surface area contributed by atoms with Crippen molar-refractivity contribution in [2.24, 2.45) is 0 Å². The lowest BCUT2D eigenvalue weighted by Crippen LogP contribution is -2.65. The molecule has 6 rings (SSSR count). The van der Waals surface area contributed by atoms with Crippen LogP contribution < -0.4 is 15.5 Å². The highest BCUT2D eigenvalue weighted by molar-refractivity contribution is 6.68. The molecule has 3 aromatic heterocycles. The van der Waals surface area contributed by atoms with E-state index in [0.29, 0.717) is 36.1 Å². The SMILES string of the molecule is [B]C1([B])N(c2nc3c(c(Nc4cc(C5CC5)[nH]n4)n2)CCC3)C([B])(C(=O)Nc2ccc(F)nc2)C([B])([B])C1([B])[B]. The number of aromatic amines is 1. The summed E-state index contributed by atoms with van der Waals surface area (Å²) in [6.07, 6.45) is 5.42. The van der Waals surface area contributed by atoms with E-state index in [1.807, 2.05) is 6.07 Å². The van der Waals surface area contributed by atoms with Crippen LogP contribution in [0.3, 0.4) is 0 Å². The van der Waals surface area contributed by atoms with Crippen molar-refractivity contribution in [3.8, 4) is 0 Å². The second-order valence-electron chi connectivity index (χ2n) is 10.7. The lowest BCUT2D eigenvalue weighted by Gasteiger charge is -2.48. The third-order valence-corrected chi connectivity index (χ3v) is 8.01. The second kappa shape index (κ2) is 8.95. The maximum Gasteiger partial charge on any atom is 0.239 e. The second-order valence-corrected chi connectivity index (χ2v) is 10.7. The molecule has 40 heavy (non-hydrogen) atoms. The number of hydrogen-bond donors (Lipinski definition) is 3. The Balaban J connectivity index is 1.45. The van der Waals surface area contributed by atoms with Gasteiger partial charge in [0.15, 0.2) is 5.82 Å². The van der Waals surface area contributed by atoms with Gasteiger partial charge in [0.2, 0.25) is 17.8 Å². The molecule has 1 unspecified atom stereocenters. The highest BCUT2D eigenvalue weighted by Crippen LogP contribution is 2.65. The first-order valence-corrected chi connectivity index (χ1v) is 12.7. The van der Waals surface area contributed by atoms with Crippen LogP contribution in [0.15, 0.2) is 24.4 Å². The molecule has 3 aliphatic rings. The number of fused-ring (bicyclic) bond motifs is 1. The van der Waals surface area contributed by atoms with E-state index in [9.17, 15) is 9.18 Å². The molecule has 0 spiro atoms. The van der Waals surface area contributed by atoms with Crippen LogP contribution >= 0.6 is 0 Å². The van der Waals surface area contributed by atoms with Crippen molar-refractivity contribution < 1.29 is 9.18 Å². The van der Waals surface area contributed by atoms with Crippen molar-refractivity contribution in [2.45, 2.75) is 59.2 Å². The summed E-state index contributed by atoms with van der Waals surface area (Å²) < 4.78 is 13.4. The van der Waals surface area contributed by atoms with Gasteiger partial charge in [0.1, 0.15) is 13.7 Å². The smallest absolute Gasteiger partial charge is 0.239 e. The van der Waals surface area contributed by atoms with E-state index in [0.717, 1.165) is 47.7 Å². The predicted molar refractivity (Wildman–Crippen MR) is 154 cm³/mol. The standard InChI is InChI=1S/C23H18B7FN8O/c24-20(18(40)33-11-6-7-15(31)32-9-11)21(25,26)22(27,28)23(29,30)39(20)19-34-13-3-1-2-12(13)17(36-19)35-16-8-14(37-38-16)10-4-5-10/h6-10H,1-5H2,(H,33,40)(H2,34,35,36,37,38). The van der Waals surface area contributed by atoms with Crippen LogP contribution in [0.25, 0.3) is 0 Å². The van der Waals surface area contributed by atoms with Gasteiger partial charge in [-0.25, -0.2) is 9.97 Å². The van der Waals surface area contributed by atoms with Gasteiger partial charge in [-0.05, 0) is 49.6 Å². The van der Waals surface area contributed by atoms with Gasteiger partial charge in [-0.1, -0.05) is 10.4 Å². The highest BCUT2D eigenvalue weighted by Gasteiger charge is 2.69. The van der Waals surface area contributed by atoms with Crippen molar-refractivity contribution in [3.63, 3.8) is 0 Å². The van der Waals surface area contributed by atoms with E-state index in [-0.39, 0.29) is 11.6 Å². The minimum Gasteiger partial charge on any atom is -0.348 e. The van der Waals surface area contributed by atoms with Gasteiger partial charge in [-0.3, -0.25) is 9.89 Å². The Morgan fingerprint density at radius 1 is 1.05 bits per heavy atom. The minimum atomic E-state index is -2.51. The minimum absolute atomic E-state index is 0.0837. The number of carbonyl (C=O) groups excluding carboxylic acids is 1. The molecule has 1 amide bonds. The lowest BCUT2D eigenvalue weighted by atomic mass is 9.19. The zero-order valence-electron chi connectivity index (χ0n) is 21.5. The van der Waals surface area contributed by atoms with Crippen LogP contribution in [0.4, 0.5) is 27.7 Å². The van der Waals surface area contributed by atoms with E-state index >= 15 is 0 Å². The monoisotopic (exact) mass is 518 g/mol. The van der Waals surface area contributed by atoms with Crippen LogP contribution in [0.2, 0.25) is 10.4 Å². The number of rotatable bonds is 6. The van der Waals surface area contributed by atoms with Crippen molar-refractivity contribution in [1.82, 2.24) is 25.1 Å². The molecular weight excluding hydrogens is 499 g/mol. The number of aryl methyl sites for hydroxylation is 1. The molecule has 0 aromatic carbocycles. The number of amides is 1. The maximum absolute atomic E-state index is 13.8. The highest BCUT2D eigenvalue weighted by atomic mass is 19.1. The zero-order valence-corrected chi connectivity index (χ0v) is 21.5. The molecule has 0 bridgehead atoms. The van der Waals surface area contributed by atoms with E-state index in [1.54, 1.807) is 0 Å². The van der Waals surface area contributed by atoms with Gasteiger partial charge in [-0.2, -0.15) is 14.5 Å². The molecule has 17 heteroatoms. The molecule has 3 N–H and O–H groups in total. The van der Waals surface area contributed by atoms with Crippen LogP contribution in [0.1, 0.15) is 42.1 Å². The summed E-state index contributed by atoms with van der Waals surface area (Å²) in [5, 5.41) is 5.99. The van der Waals surface area contributed by atoms with Crippen molar-refractivity contribution in [3.05, 3.63) is 47.3 Å². The van der Waals surface area contributed by atoms with Gasteiger partial charge >= 0.3 is 0 Å². The molecule has 184 valence electrons. The molecule has 4 heterocycles. The molecule has 1 atom stereocenters. The summed E-state index contributed by atoms with van der Waals surface area (Å²) in [5.41, 5.74) is 0.139. The maximum atomic E-state index is 13.8. The van der Waals surface area contributed by atoms with E-state index in [2.05, 4.69) is 35.8 Å². The number of nitrogens with one attached hydrogen (secondary N) is 3. The predicted octanol–water partition coefficient (Wildman–Crippen LogP) is 0.0642. The Hall–Kier alpha value is -3.11. The van der Waals surface area contributed by atoms with Crippen LogP contribution in [0.5, 0.6) is 0 Å². The van der Waals surface area contributed by atoms with Crippen molar-refractivity contribution in [2.75, 3.05) is 15.5 Å². The largest absolute Gasteiger partial charge is 0.348 e. The average molecular weight is 517 g/mol. The summed E-state index contributed by atoms with van der Waals surface area (Å²) in [5.74, 6) is -0.518. The van der Waals surface area contributed by atoms with Crippen LogP contribution in [0, 0.1) is 5.95 Å². The van der Waals surface area contributed by atoms with E-state index in [4.69, 9.17) is 54.9 Å². The summed E-state index contributed by atoms with van der Waals surface area (Å²) in [6.45, 7) is 0. The number of aromatic nitrogens is 5. The molecule has 14 radical (unpaired) electrons. The summed E-state index contributed by atoms with van der Waals surface area (Å²) >= 11 is 0. The van der Waals surface area contributed by atoms with Gasteiger partial charge in [0.05, 0.1) is 70.1 Å². The van der Waals surface area contributed by atoms with Gasteiger partial charge in [0, 0.05) is 23.2 Å². The molecule has 2 aliphatic carbocycles. The number of H-pyrrole nitrogens is 1. The first kappa shape index (κ1) is 27.1. The van der Waals surface area contributed by atoms with Gasteiger partial charge in [0.25, 0.3) is 0 Å². The Morgan fingerprint density at radius 2 is 1.80 bits per heavy atom. The number of pyridine rings is 1. The molecular formula is C23H18B7FN8O. The fraction of sp³-hybridized carbons (Fsp3) is 0.435. The molecule has 2 fully saturated rings. The summed E-state index contributed by atoms with van der Waals surface area (Å²) in [6, 6.07) is 4.22. The van der Waals surface area contributed by atoms with E-state index < -0.39 is 33.1 Å². The van der Waals surface area contributed by atoms with Gasteiger partial charge < -0.3 is 15.5 Å². The Labute approximate surface area is 240 Å². The van der Waals surface area contributed by atoms with Gasteiger partial charge in [-0.15, -0.1) is 0 Å². The van der Waals surface area contributed by atoms with Crippen molar-refractivity contribution >= 4 is 84.1 Å². The fourth-order valence-corrected chi connectivity index (χ4v) is 5.35. The summed E-state index contributed by atoms with van der Waals surface area (Å²) in [4.78, 5) is 27.6. The normalized spacial score (nSPS) is 24.0. The third kappa shape index (κ3) is 3.86. The number of nitrogens with zero attached hydrogens (tertiary/aromatic N) is 5. The quantitative estimate of drug-likeness (QED) is 0.314. The Morgan fingerprint density at radius 3 is 2.48 bits per heavy atom. The van der Waals surface area contributed by atoms with Crippen LogP contribution in [-0.2, 0) is 17.6 Å². The number of carbonyl (C=O) groups is 1. The van der Waals surface area contributed by atoms with E-state index in [1.165, 1.54) is 6.07 Å². The van der Waals surface area contributed by atoms with Crippen molar-refractivity contribution in [1.29, 1.82) is 0 Å². The lowest BCUT2D eigenvalue weighted by molar-refractivity contribution is -0.118. The first-order chi connectivity index (χ1) is 18.8. The molecule has 1 saturated carbocycles. The third-order valence-electron chi connectivity index (χ3n) is 8.01. The topological polar surface area (TPSA) is 112 Å². The fourth-order valence-electron chi connectivity index (χ4n) is 5.35. The average Bonchev–Trinajstić information content (AvgIpc) is 3.42. The summed E-state index contributed by atoms with van der Waals surface area (Å²) in [7, 11) is 45.1. The molecule has 1 saturated heterocycles. The molecule has 9 nitrogen and oxygen atoms in total. The van der Waals surface area contributed by atoms with Crippen LogP contribution in [-0.4, -0.2) is 96.8 Å². The molecule has 1 aliphatic heterocycles. The molecule has 3 aromatic rings. The number of anilines is 4. The number of hydrogen-bond acceptors (Lipinski definition) is 7. The zero-order chi connectivity index (χ0) is 28.7. The number of halogens is 1. The Kier molecular flexibility index (Phi) is 6.06. The first-order valence-electron chi connectivity index (χ1n) is 12.7.